The molecule has 1 atom stereocenters. The zero-order valence-electron chi connectivity index (χ0n) is 13.7. The summed E-state index contributed by atoms with van der Waals surface area (Å²) in [5.74, 6) is -1.40. The maximum atomic E-state index is 14.0. The fourth-order valence-corrected chi connectivity index (χ4v) is 2.38. The highest BCUT2D eigenvalue weighted by Gasteiger charge is 2.23. The van der Waals surface area contributed by atoms with Crippen LogP contribution in [0.5, 0.6) is 11.5 Å². The SMILES string of the molecule is CCN(CC(C)C#N)C(=O)COc1cc2c(cc1F)C(=O)CCO2. The number of carbonyl (C=O) groups is 2. The van der Waals surface area contributed by atoms with Gasteiger partial charge in [-0.1, -0.05) is 0 Å². The average molecular weight is 334 g/mol. The summed E-state index contributed by atoms with van der Waals surface area (Å²) in [7, 11) is 0. The number of halogens is 1. The van der Waals surface area contributed by atoms with Gasteiger partial charge in [0.25, 0.3) is 5.91 Å². The van der Waals surface area contributed by atoms with Gasteiger partial charge in [-0.25, -0.2) is 4.39 Å². The van der Waals surface area contributed by atoms with Crippen LogP contribution in [0.15, 0.2) is 12.1 Å². The zero-order chi connectivity index (χ0) is 17.7. The number of nitrogens with zero attached hydrogens (tertiary/aromatic N) is 2. The second kappa shape index (κ2) is 7.77. The van der Waals surface area contributed by atoms with E-state index in [-0.39, 0.29) is 54.3 Å². The first-order chi connectivity index (χ1) is 11.5. The van der Waals surface area contributed by atoms with Gasteiger partial charge < -0.3 is 14.4 Å². The monoisotopic (exact) mass is 334 g/mol. The van der Waals surface area contributed by atoms with Crippen molar-refractivity contribution in [1.29, 1.82) is 5.26 Å². The zero-order valence-corrected chi connectivity index (χ0v) is 13.7. The molecule has 0 N–H and O–H groups in total. The van der Waals surface area contributed by atoms with E-state index in [9.17, 15) is 14.0 Å². The molecule has 128 valence electrons. The van der Waals surface area contributed by atoms with E-state index in [2.05, 4.69) is 6.07 Å². The summed E-state index contributed by atoms with van der Waals surface area (Å²) < 4.78 is 24.6. The number of ketones is 1. The van der Waals surface area contributed by atoms with E-state index in [0.717, 1.165) is 6.07 Å². The number of Topliss-reactive ketones (excluding diaryl/α,β-unsaturated/α-hetero) is 1. The lowest BCUT2D eigenvalue weighted by Gasteiger charge is -2.22. The molecule has 0 saturated carbocycles. The number of nitriles is 1. The first-order valence-corrected chi connectivity index (χ1v) is 7.76. The van der Waals surface area contributed by atoms with Crippen LogP contribution >= 0.6 is 0 Å². The van der Waals surface area contributed by atoms with Crippen LogP contribution in [0, 0.1) is 23.1 Å². The van der Waals surface area contributed by atoms with Gasteiger partial charge in [-0.2, -0.15) is 5.26 Å². The van der Waals surface area contributed by atoms with Crippen molar-refractivity contribution in [3.8, 4) is 17.6 Å². The number of likely N-dealkylation sites (N-methyl/N-ethyl adjacent to an activating group) is 1. The Morgan fingerprint density at radius 3 is 2.96 bits per heavy atom. The molecule has 0 aliphatic carbocycles. The van der Waals surface area contributed by atoms with E-state index < -0.39 is 5.82 Å². The summed E-state index contributed by atoms with van der Waals surface area (Å²) in [6.45, 7) is 4.12. The molecule has 1 aromatic rings. The second-order valence-electron chi connectivity index (χ2n) is 5.55. The third kappa shape index (κ3) is 4.02. The van der Waals surface area contributed by atoms with Crippen LogP contribution in [0.4, 0.5) is 4.39 Å². The number of benzene rings is 1. The summed E-state index contributed by atoms with van der Waals surface area (Å²) in [6, 6.07) is 4.43. The number of ether oxygens (including phenoxy) is 2. The number of fused-ring (bicyclic) bond motifs is 1. The number of amides is 1. The van der Waals surface area contributed by atoms with Gasteiger partial charge in [0, 0.05) is 25.6 Å². The molecule has 0 bridgehead atoms. The third-order valence-electron chi connectivity index (χ3n) is 3.72. The highest BCUT2D eigenvalue weighted by Crippen LogP contribution is 2.31. The van der Waals surface area contributed by atoms with Crippen molar-refractivity contribution < 1.29 is 23.5 Å². The van der Waals surface area contributed by atoms with E-state index in [1.165, 1.54) is 11.0 Å². The lowest BCUT2D eigenvalue weighted by atomic mass is 10.0. The molecule has 1 aliphatic heterocycles. The molecule has 1 heterocycles. The molecular weight excluding hydrogens is 315 g/mol. The Morgan fingerprint density at radius 2 is 2.29 bits per heavy atom. The van der Waals surface area contributed by atoms with Crippen LogP contribution in [0.25, 0.3) is 0 Å². The van der Waals surface area contributed by atoms with Crippen LogP contribution < -0.4 is 9.47 Å². The van der Waals surface area contributed by atoms with E-state index in [0.29, 0.717) is 13.1 Å². The summed E-state index contributed by atoms with van der Waals surface area (Å²) in [4.78, 5) is 25.3. The predicted molar refractivity (Wildman–Crippen MR) is 83.4 cm³/mol. The van der Waals surface area contributed by atoms with Crippen molar-refractivity contribution in [2.24, 2.45) is 5.92 Å². The summed E-state index contributed by atoms with van der Waals surface area (Å²) in [5.41, 5.74) is 0.190. The molecule has 1 aromatic carbocycles. The molecule has 0 saturated heterocycles. The maximum Gasteiger partial charge on any atom is 0.260 e. The summed E-state index contributed by atoms with van der Waals surface area (Å²) in [5, 5.41) is 8.83. The number of hydrogen-bond donors (Lipinski definition) is 0. The van der Waals surface area contributed by atoms with Crippen molar-refractivity contribution in [2.45, 2.75) is 20.3 Å². The van der Waals surface area contributed by atoms with E-state index in [4.69, 9.17) is 14.7 Å². The van der Waals surface area contributed by atoms with Crippen LogP contribution in [0.3, 0.4) is 0 Å². The Bertz CT molecular complexity index is 684. The summed E-state index contributed by atoms with van der Waals surface area (Å²) in [6.07, 6.45) is 0.216. The number of carbonyl (C=O) groups excluding carboxylic acids is 2. The smallest absolute Gasteiger partial charge is 0.260 e. The Hall–Kier alpha value is -2.62. The van der Waals surface area contributed by atoms with Crippen LogP contribution in [0.2, 0.25) is 0 Å². The fraction of sp³-hybridized carbons (Fsp3) is 0.471. The molecule has 2 rings (SSSR count). The van der Waals surface area contributed by atoms with Gasteiger partial charge in [-0.15, -0.1) is 0 Å². The van der Waals surface area contributed by atoms with Gasteiger partial charge in [0.1, 0.15) is 5.75 Å². The van der Waals surface area contributed by atoms with Crippen LogP contribution in [-0.2, 0) is 4.79 Å². The quantitative estimate of drug-likeness (QED) is 0.796. The minimum absolute atomic E-state index is 0.138. The highest BCUT2D eigenvalue weighted by molar-refractivity contribution is 5.99. The predicted octanol–water partition coefficient (Wildman–Crippen LogP) is 2.18. The largest absolute Gasteiger partial charge is 0.492 e. The van der Waals surface area contributed by atoms with E-state index in [1.54, 1.807) is 13.8 Å². The molecule has 6 nitrogen and oxygen atoms in total. The standard InChI is InChI=1S/C17H19FN2O4/c1-3-20(9-11(2)8-19)17(22)10-24-16-7-15-12(6-13(16)18)14(21)4-5-23-15/h6-7,11H,3-5,9-10H2,1-2H3. The van der Waals surface area contributed by atoms with E-state index in [1.807, 2.05) is 0 Å². The Labute approximate surface area is 139 Å². The lowest BCUT2D eigenvalue weighted by Crippen LogP contribution is -2.37. The molecule has 1 aliphatic rings. The molecular formula is C17H19FN2O4. The molecule has 0 spiro atoms. The normalized spacial score (nSPS) is 14.2. The Balaban J connectivity index is 2.05. The van der Waals surface area contributed by atoms with Gasteiger partial charge in [-0.3, -0.25) is 9.59 Å². The Morgan fingerprint density at radius 1 is 1.54 bits per heavy atom. The van der Waals surface area contributed by atoms with Crippen LogP contribution in [-0.4, -0.2) is 42.9 Å². The molecule has 0 fully saturated rings. The van der Waals surface area contributed by atoms with Gasteiger partial charge in [0.15, 0.2) is 24.0 Å². The molecule has 0 radical (unpaired) electrons. The van der Waals surface area contributed by atoms with Crippen molar-refractivity contribution in [2.75, 3.05) is 26.3 Å². The second-order valence-corrected chi connectivity index (χ2v) is 5.55. The molecule has 0 aromatic heterocycles. The van der Waals surface area contributed by atoms with Gasteiger partial charge >= 0.3 is 0 Å². The van der Waals surface area contributed by atoms with Crippen molar-refractivity contribution in [1.82, 2.24) is 4.90 Å². The lowest BCUT2D eigenvalue weighted by molar-refractivity contribution is -0.133. The summed E-state index contributed by atoms with van der Waals surface area (Å²) >= 11 is 0. The fourth-order valence-electron chi connectivity index (χ4n) is 2.38. The maximum absolute atomic E-state index is 14.0. The topological polar surface area (TPSA) is 79.6 Å². The number of hydrogen-bond acceptors (Lipinski definition) is 5. The van der Waals surface area contributed by atoms with Gasteiger partial charge in [-0.05, 0) is 19.9 Å². The molecule has 1 amide bonds. The molecule has 7 heteroatoms. The van der Waals surface area contributed by atoms with Crippen LogP contribution in [0.1, 0.15) is 30.6 Å². The Kier molecular flexibility index (Phi) is 5.74. The first-order valence-electron chi connectivity index (χ1n) is 7.76. The minimum Gasteiger partial charge on any atom is -0.492 e. The van der Waals surface area contributed by atoms with E-state index >= 15 is 0 Å². The van der Waals surface area contributed by atoms with Crippen molar-refractivity contribution in [3.05, 3.63) is 23.5 Å². The minimum atomic E-state index is -0.714. The van der Waals surface area contributed by atoms with Gasteiger partial charge in [0.05, 0.1) is 24.2 Å². The highest BCUT2D eigenvalue weighted by atomic mass is 19.1. The molecule has 24 heavy (non-hydrogen) atoms. The first kappa shape index (κ1) is 17.7. The van der Waals surface area contributed by atoms with Crippen molar-refractivity contribution in [3.63, 3.8) is 0 Å². The number of rotatable bonds is 6. The average Bonchev–Trinajstić information content (AvgIpc) is 2.58. The van der Waals surface area contributed by atoms with Gasteiger partial charge in [0.2, 0.25) is 0 Å². The van der Waals surface area contributed by atoms with Crippen molar-refractivity contribution >= 4 is 11.7 Å². The third-order valence-corrected chi connectivity index (χ3v) is 3.72. The molecule has 1 unspecified atom stereocenters.